The fourth-order valence-electron chi connectivity index (χ4n) is 1.34. The Morgan fingerprint density at radius 2 is 2.15 bits per heavy atom. The summed E-state index contributed by atoms with van der Waals surface area (Å²) in [5.41, 5.74) is 0.0517. The van der Waals surface area contributed by atoms with Gasteiger partial charge < -0.3 is 16.0 Å². The first-order valence-corrected chi connectivity index (χ1v) is 5.17. The molecule has 1 rings (SSSR count). The molecule has 3 nitrogen and oxygen atoms in total. The number of thiocarbonyl (C=S) groups is 1. The predicted molar refractivity (Wildman–Crippen MR) is 59.9 cm³/mol. The highest BCUT2D eigenvalue weighted by Crippen LogP contribution is 2.00. The molecule has 1 fully saturated rings. The van der Waals surface area contributed by atoms with Crippen molar-refractivity contribution in [1.29, 1.82) is 0 Å². The maximum absolute atomic E-state index is 5.19. The van der Waals surface area contributed by atoms with Crippen LogP contribution in [0, 0.1) is 0 Å². The zero-order valence-electron chi connectivity index (χ0n) is 8.61. The smallest absolute Gasteiger partial charge is 0.166 e. The molecule has 1 aliphatic heterocycles. The second kappa shape index (κ2) is 4.24. The minimum atomic E-state index is 0.0517. The van der Waals surface area contributed by atoms with Crippen molar-refractivity contribution in [1.82, 2.24) is 16.0 Å². The summed E-state index contributed by atoms with van der Waals surface area (Å²) in [4.78, 5) is 0. The highest BCUT2D eigenvalue weighted by atomic mass is 32.1. The van der Waals surface area contributed by atoms with Crippen LogP contribution in [0.3, 0.4) is 0 Å². The minimum absolute atomic E-state index is 0.0517. The SMILES string of the molecule is CC(C)(C)NC(=S)NC1CCNC1. The average molecular weight is 201 g/mol. The zero-order chi connectivity index (χ0) is 9.90. The molecule has 1 unspecified atom stereocenters. The van der Waals surface area contributed by atoms with Gasteiger partial charge in [-0.1, -0.05) is 0 Å². The number of nitrogens with one attached hydrogen (secondary N) is 3. The average Bonchev–Trinajstić information content (AvgIpc) is 2.34. The monoisotopic (exact) mass is 201 g/mol. The lowest BCUT2D eigenvalue weighted by atomic mass is 10.1. The number of hydrogen-bond donors (Lipinski definition) is 3. The lowest BCUT2D eigenvalue weighted by Gasteiger charge is -2.24. The fourth-order valence-corrected chi connectivity index (χ4v) is 1.81. The van der Waals surface area contributed by atoms with Gasteiger partial charge in [0.1, 0.15) is 0 Å². The lowest BCUT2D eigenvalue weighted by molar-refractivity contribution is 0.500. The van der Waals surface area contributed by atoms with E-state index in [9.17, 15) is 0 Å². The van der Waals surface area contributed by atoms with Crippen molar-refractivity contribution in [2.24, 2.45) is 0 Å². The zero-order valence-corrected chi connectivity index (χ0v) is 9.42. The molecule has 1 heterocycles. The molecule has 1 saturated heterocycles. The van der Waals surface area contributed by atoms with Crippen molar-refractivity contribution in [3.8, 4) is 0 Å². The lowest BCUT2D eigenvalue weighted by Crippen LogP contribution is -2.49. The van der Waals surface area contributed by atoms with Crippen molar-refractivity contribution in [3.05, 3.63) is 0 Å². The molecule has 0 aromatic carbocycles. The van der Waals surface area contributed by atoms with Crippen LogP contribution in [0.1, 0.15) is 27.2 Å². The van der Waals surface area contributed by atoms with Crippen LogP contribution in [0.4, 0.5) is 0 Å². The predicted octanol–water partition coefficient (Wildman–Crippen LogP) is 0.611. The van der Waals surface area contributed by atoms with Crippen LogP contribution < -0.4 is 16.0 Å². The van der Waals surface area contributed by atoms with E-state index < -0.39 is 0 Å². The number of rotatable bonds is 1. The van der Waals surface area contributed by atoms with Gasteiger partial charge in [0.25, 0.3) is 0 Å². The summed E-state index contributed by atoms with van der Waals surface area (Å²) >= 11 is 5.19. The molecule has 0 aromatic rings. The van der Waals surface area contributed by atoms with Gasteiger partial charge in [-0.15, -0.1) is 0 Å². The maximum atomic E-state index is 5.19. The highest BCUT2D eigenvalue weighted by molar-refractivity contribution is 7.80. The van der Waals surface area contributed by atoms with E-state index >= 15 is 0 Å². The van der Waals surface area contributed by atoms with Crippen LogP contribution in [0.5, 0.6) is 0 Å². The largest absolute Gasteiger partial charge is 0.359 e. The first-order chi connectivity index (χ1) is 5.97. The Kier molecular flexibility index (Phi) is 3.50. The van der Waals surface area contributed by atoms with Crippen LogP contribution in [0.2, 0.25) is 0 Å². The normalized spacial score (nSPS) is 22.8. The van der Waals surface area contributed by atoms with E-state index in [4.69, 9.17) is 12.2 Å². The van der Waals surface area contributed by atoms with E-state index in [1.165, 1.54) is 0 Å². The van der Waals surface area contributed by atoms with Crippen LogP contribution in [0.15, 0.2) is 0 Å². The van der Waals surface area contributed by atoms with Crippen LogP contribution in [-0.4, -0.2) is 29.8 Å². The summed E-state index contributed by atoms with van der Waals surface area (Å²) in [5.74, 6) is 0. The standard InChI is InChI=1S/C9H19N3S/c1-9(2,3)12-8(13)11-7-4-5-10-6-7/h7,10H,4-6H2,1-3H3,(H2,11,12,13). The van der Waals surface area contributed by atoms with Gasteiger partial charge >= 0.3 is 0 Å². The summed E-state index contributed by atoms with van der Waals surface area (Å²) in [5, 5.41) is 10.6. The third kappa shape index (κ3) is 4.43. The van der Waals surface area contributed by atoms with Gasteiger partial charge in [0, 0.05) is 18.1 Å². The molecule has 3 N–H and O–H groups in total. The first kappa shape index (κ1) is 10.7. The van der Waals surface area contributed by atoms with E-state index in [2.05, 4.69) is 36.7 Å². The van der Waals surface area contributed by atoms with Crippen molar-refractivity contribution in [2.45, 2.75) is 38.8 Å². The number of hydrogen-bond acceptors (Lipinski definition) is 2. The van der Waals surface area contributed by atoms with Crippen molar-refractivity contribution < 1.29 is 0 Å². The Morgan fingerprint density at radius 3 is 2.62 bits per heavy atom. The van der Waals surface area contributed by atoms with E-state index in [-0.39, 0.29) is 5.54 Å². The van der Waals surface area contributed by atoms with Gasteiger partial charge in [-0.3, -0.25) is 0 Å². The van der Waals surface area contributed by atoms with E-state index in [1.54, 1.807) is 0 Å². The van der Waals surface area contributed by atoms with Gasteiger partial charge in [0.2, 0.25) is 0 Å². The topological polar surface area (TPSA) is 36.1 Å². The van der Waals surface area contributed by atoms with Crippen LogP contribution in [-0.2, 0) is 0 Å². The first-order valence-electron chi connectivity index (χ1n) is 4.77. The van der Waals surface area contributed by atoms with E-state index in [1.807, 2.05) is 0 Å². The van der Waals surface area contributed by atoms with Gasteiger partial charge in [-0.2, -0.15) is 0 Å². The molecule has 0 saturated carbocycles. The van der Waals surface area contributed by atoms with Crippen molar-refractivity contribution >= 4 is 17.3 Å². The van der Waals surface area contributed by atoms with Gasteiger partial charge in [0.05, 0.1) is 0 Å². The molecule has 1 atom stereocenters. The van der Waals surface area contributed by atoms with Gasteiger partial charge in [-0.05, 0) is 46.0 Å². The van der Waals surface area contributed by atoms with Crippen molar-refractivity contribution in [3.63, 3.8) is 0 Å². The van der Waals surface area contributed by atoms with Crippen LogP contribution >= 0.6 is 12.2 Å². The Hall–Kier alpha value is -0.350. The third-order valence-electron chi connectivity index (χ3n) is 1.88. The Balaban J connectivity index is 2.24. The molecule has 0 aliphatic carbocycles. The molecule has 13 heavy (non-hydrogen) atoms. The molecule has 76 valence electrons. The highest BCUT2D eigenvalue weighted by Gasteiger charge is 2.17. The molecule has 0 aromatic heterocycles. The van der Waals surface area contributed by atoms with Crippen LogP contribution in [0.25, 0.3) is 0 Å². The van der Waals surface area contributed by atoms with Crippen molar-refractivity contribution in [2.75, 3.05) is 13.1 Å². The molecule has 4 heteroatoms. The maximum Gasteiger partial charge on any atom is 0.166 e. The fraction of sp³-hybridized carbons (Fsp3) is 0.889. The summed E-state index contributed by atoms with van der Waals surface area (Å²) in [6.07, 6.45) is 1.16. The minimum Gasteiger partial charge on any atom is -0.359 e. The molecular weight excluding hydrogens is 182 g/mol. The Labute approximate surface area is 85.7 Å². The third-order valence-corrected chi connectivity index (χ3v) is 2.10. The second-order valence-electron chi connectivity index (χ2n) is 4.54. The van der Waals surface area contributed by atoms with Gasteiger partial charge in [0.15, 0.2) is 5.11 Å². The molecule has 1 aliphatic rings. The Morgan fingerprint density at radius 1 is 1.46 bits per heavy atom. The summed E-state index contributed by atoms with van der Waals surface area (Å²) in [7, 11) is 0. The molecule has 0 radical (unpaired) electrons. The molecule has 0 amide bonds. The summed E-state index contributed by atoms with van der Waals surface area (Å²) in [6, 6.07) is 0.502. The second-order valence-corrected chi connectivity index (χ2v) is 4.95. The quantitative estimate of drug-likeness (QED) is 0.543. The molecule has 0 bridgehead atoms. The Bertz CT molecular complexity index is 180. The molecule has 0 spiro atoms. The van der Waals surface area contributed by atoms with E-state index in [0.717, 1.165) is 24.6 Å². The summed E-state index contributed by atoms with van der Waals surface area (Å²) in [6.45, 7) is 8.43. The molecular formula is C9H19N3S. The van der Waals surface area contributed by atoms with Gasteiger partial charge in [-0.25, -0.2) is 0 Å². The van der Waals surface area contributed by atoms with E-state index in [0.29, 0.717) is 6.04 Å². The summed E-state index contributed by atoms with van der Waals surface area (Å²) < 4.78 is 0.